The van der Waals surface area contributed by atoms with E-state index >= 15 is 0 Å². The second kappa shape index (κ2) is 11.1. The Kier molecular flexibility index (Phi) is 7.61. The van der Waals surface area contributed by atoms with Gasteiger partial charge in [-0.05, 0) is 98.1 Å². The van der Waals surface area contributed by atoms with E-state index in [9.17, 15) is 25.9 Å². The molecule has 4 N–H and O–H groups in total. The summed E-state index contributed by atoms with van der Waals surface area (Å²) in [4.78, 5) is 0.121. The molecule has 220 valence electrons. The van der Waals surface area contributed by atoms with E-state index in [4.69, 9.17) is 5.73 Å². The van der Waals surface area contributed by atoms with Crippen LogP contribution in [0.1, 0.15) is 16.7 Å². The molecule has 0 spiro atoms. The van der Waals surface area contributed by atoms with Crippen LogP contribution in [0, 0.1) is 20.8 Å². The van der Waals surface area contributed by atoms with E-state index in [0.717, 1.165) is 28.1 Å². The van der Waals surface area contributed by atoms with Gasteiger partial charge in [0, 0.05) is 5.69 Å². The minimum absolute atomic E-state index is 0.0706. The molecule has 0 bridgehead atoms. The van der Waals surface area contributed by atoms with Crippen molar-refractivity contribution in [2.75, 3.05) is 5.73 Å². The maximum Gasteiger partial charge on any atom is 0.296 e. The highest BCUT2D eigenvalue weighted by Gasteiger charge is 2.20. The Morgan fingerprint density at radius 2 is 1.33 bits per heavy atom. The summed E-state index contributed by atoms with van der Waals surface area (Å²) in [6.07, 6.45) is 0. The molecule has 5 aromatic rings. The summed E-state index contributed by atoms with van der Waals surface area (Å²) in [5.74, 6) is 0. The standard InChI is InChI=1S/C27H24N8O6S2/c1-15-11-23(17(3)10-21(15)28)31-29-18-7-8-22(16(2)9-18)30-32-26-13-24-25(14-27(26)43(39,40)41)34-35(33-24)19-5-4-6-20(12-19)42(36,37)38/h4-14H,28H2,1-3H3,(H,36,37,38)(H,39,40,41)/b31-29-,32-30-. The molecule has 0 radical (unpaired) electrons. The third-order valence-corrected chi connectivity index (χ3v) is 8.12. The Hall–Kier alpha value is -4.90. The van der Waals surface area contributed by atoms with Crippen molar-refractivity contribution in [3.63, 3.8) is 0 Å². The molecule has 0 saturated heterocycles. The van der Waals surface area contributed by atoms with Gasteiger partial charge in [-0.15, -0.1) is 15.3 Å². The Labute approximate surface area is 246 Å². The molecule has 43 heavy (non-hydrogen) atoms. The number of nitrogens with two attached hydrogens (primary N) is 1. The van der Waals surface area contributed by atoms with Gasteiger partial charge in [0.25, 0.3) is 20.2 Å². The first kappa shape index (κ1) is 29.6. The molecule has 14 nitrogen and oxygen atoms in total. The van der Waals surface area contributed by atoms with E-state index in [2.05, 4.69) is 30.7 Å². The van der Waals surface area contributed by atoms with Gasteiger partial charge in [0.05, 0.1) is 27.6 Å². The van der Waals surface area contributed by atoms with E-state index in [1.807, 2.05) is 26.0 Å². The molecule has 0 amide bonds. The average Bonchev–Trinajstić information content (AvgIpc) is 3.36. The maximum absolute atomic E-state index is 12.2. The quantitative estimate of drug-likeness (QED) is 0.106. The first-order valence-electron chi connectivity index (χ1n) is 12.5. The number of benzene rings is 4. The van der Waals surface area contributed by atoms with Gasteiger partial charge in [-0.3, -0.25) is 9.11 Å². The zero-order chi connectivity index (χ0) is 31.1. The van der Waals surface area contributed by atoms with Crippen LogP contribution in [0.15, 0.2) is 97.0 Å². The van der Waals surface area contributed by atoms with Crippen molar-refractivity contribution in [3.8, 4) is 5.69 Å². The number of fused-ring (bicyclic) bond motifs is 1. The highest BCUT2D eigenvalue weighted by atomic mass is 32.2. The van der Waals surface area contributed by atoms with Crippen molar-refractivity contribution < 1.29 is 25.9 Å². The Morgan fingerprint density at radius 1 is 0.674 bits per heavy atom. The number of azo groups is 2. The lowest BCUT2D eigenvalue weighted by Gasteiger charge is -2.05. The monoisotopic (exact) mass is 620 g/mol. The molecule has 0 aliphatic heterocycles. The first-order valence-corrected chi connectivity index (χ1v) is 15.3. The lowest BCUT2D eigenvalue weighted by atomic mass is 10.1. The lowest BCUT2D eigenvalue weighted by Crippen LogP contribution is -2.02. The molecular weight excluding hydrogens is 596 g/mol. The fourth-order valence-corrected chi connectivity index (χ4v) is 5.21. The van der Waals surface area contributed by atoms with Crippen LogP contribution in [0.4, 0.5) is 28.4 Å². The Balaban J connectivity index is 1.47. The fraction of sp³-hybridized carbons (Fsp3) is 0.111. The third kappa shape index (κ3) is 6.46. The second-order valence-electron chi connectivity index (χ2n) is 9.61. The number of aryl methyl sites for hydroxylation is 3. The summed E-state index contributed by atoms with van der Waals surface area (Å²) >= 11 is 0. The predicted octanol–water partition coefficient (Wildman–Crippen LogP) is 6.25. The van der Waals surface area contributed by atoms with Gasteiger partial charge in [-0.25, -0.2) is 0 Å². The molecule has 0 aliphatic rings. The van der Waals surface area contributed by atoms with Crippen LogP contribution < -0.4 is 5.73 Å². The number of nitrogens with zero attached hydrogens (tertiary/aromatic N) is 7. The van der Waals surface area contributed by atoms with Crippen LogP contribution in [0.3, 0.4) is 0 Å². The van der Waals surface area contributed by atoms with Gasteiger partial charge >= 0.3 is 0 Å². The molecule has 1 aromatic heterocycles. The van der Waals surface area contributed by atoms with Gasteiger partial charge in [0.1, 0.15) is 21.6 Å². The minimum atomic E-state index is -4.75. The molecule has 0 atom stereocenters. The first-order chi connectivity index (χ1) is 20.2. The molecule has 16 heteroatoms. The van der Waals surface area contributed by atoms with Crippen molar-refractivity contribution >= 4 is 59.7 Å². The van der Waals surface area contributed by atoms with E-state index in [1.54, 1.807) is 25.1 Å². The number of hydrogen-bond acceptors (Lipinski definition) is 11. The van der Waals surface area contributed by atoms with Crippen LogP contribution in [0.2, 0.25) is 0 Å². The summed E-state index contributed by atoms with van der Waals surface area (Å²) in [5.41, 5.74) is 10.9. The SMILES string of the molecule is Cc1cc(/N=N\c2ccc(/N=N\c3cc4nn(-c5cccc(S(=O)(=O)O)c5)nc4cc3S(=O)(=O)O)c(C)c2)c(C)cc1N. The minimum Gasteiger partial charge on any atom is -0.399 e. The van der Waals surface area contributed by atoms with Crippen molar-refractivity contribution in [3.05, 3.63) is 83.4 Å². The number of anilines is 1. The van der Waals surface area contributed by atoms with Gasteiger partial charge < -0.3 is 5.73 Å². The van der Waals surface area contributed by atoms with Gasteiger partial charge in [0.15, 0.2) is 0 Å². The largest absolute Gasteiger partial charge is 0.399 e. The van der Waals surface area contributed by atoms with E-state index in [0.29, 0.717) is 28.3 Å². The Bertz CT molecular complexity index is 2190. The normalized spacial score (nSPS) is 12.6. The summed E-state index contributed by atoms with van der Waals surface area (Å²) in [5, 5.41) is 25.3. The molecular formula is C27H24N8O6S2. The number of rotatable bonds is 7. The highest BCUT2D eigenvalue weighted by molar-refractivity contribution is 7.86. The van der Waals surface area contributed by atoms with Gasteiger partial charge in [0.2, 0.25) is 0 Å². The highest BCUT2D eigenvalue weighted by Crippen LogP contribution is 2.33. The molecule has 4 aromatic carbocycles. The lowest BCUT2D eigenvalue weighted by molar-refractivity contribution is 0.481. The van der Waals surface area contributed by atoms with E-state index < -0.39 is 25.1 Å². The maximum atomic E-state index is 12.2. The van der Waals surface area contributed by atoms with Crippen LogP contribution in [-0.4, -0.2) is 40.9 Å². The zero-order valence-electron chi connectivity index (χ0n) is 22.9. The topological polar surface area (TPSA) is 215 Å². The molecule has 5 rings (SSSR count). The predicted molar refractivity (Wildman–Crippen MR) is 158 cm³/mol. The second-order valence-corrected chi connectivity index (χ2v) is 12.4. The van der Waals surface area contributed by atoms with Crippen molar-refractivity contribution in [2.24, 2.45) is 20.5 Å². The third-order valence-electron chi connectivity index (χ3n) is 6.39. The summed E-state index contributed by atoms with van der Waals surface area (Å²) in [6, 6.07) is 16.3. The van der Waals surface area contributed by atoms with Crippen LogP contribution in [-0.2, 0) is 20.2 Å². The number of hydrogen-bond donors (Lipinski definition) is 3. The summed E-state index contributed by atoms with van der Waals surface area (Å²) in [7, 11) is -9.23. The fourth-order valence-electron chi connectivity index (χ4n) is 4.07. The summed E-state index contributed by atoms with van der Waals surface area (Å²) in [6.45, 7) is 5.54. The Morgan fingerprint density at radius 3 is 2.00 bits per heavy atom. The number of nitrogen functional groups attached to an aromatic ring is 1. The van der Waals surface area contributed by atoms with Crippen molar-refractivity contribution in [2.45, 2.75) is 30.6 Å². The molecule has 0 aliphatic carbocycles. The van der Waals surface area contributed by atoms with Crippen LogP contribution >= 0.6 is 0 Å². The van der Waals surface area contributed by atoms with Crippen LogP contribution in [0.25, 0.3) is 16.7 Å². The van der Waals surface area contributed by atoms with Crippen molar-refractivity contribution in [1.29, 1.82) is 0 Å². The zero-order valence-corrected chi connectivity index (χ0v) is 24.5. The average molecular weight is 621 g/mol. The van der Waals surface area contributed by atoms with Crippen LogP contribution in [0.5, 0.6) is 0 Å². The molecule has 0 unspecified atom stereocenters. The van der Waals surface area contributed by atoms with Crippen molar-refractivity contribution in [1.82, 2.24) is 15.0 Å². The summed E-state index contributed by atoms with van der Waals surface area (Å²) < 4.78 is 66.6. The smallest absolute Gasteiger partial charge is 0.296 e. The van der Waals surface area contributed by atoms with E-state index in [-0.39, 0.29) is 27.3 Å². The van der Waals surface area contributed by atoms with E-state index in [1.165, 1.54) is 24.3 Å². The van der Waals surface area contributed by atoms with Gasteiger partial charge in [-0.2, -0.15) is 37.0 Å². The van der Waals surface area contributed by atoms with Gasteiger partial charge in [-0.1, -0.05) is 6.07 Å². The molecule has 0 saturated carbocycles. The molecule has 1 heterocycles. The number of aromatic nitrogens is 3. The molecule has 0 fully saturated rings.